The molecule has 0 aliphatic heterocycles. The number of carbonyl (C=O) groups excluding carboxylic acids is 1. The van der Waals surface area contributed by atoms with E-state index in [9.17, 15) is 4.79 Å². The first-order valence-electron chi connectivity index (χ1n) is 6.07. The summed E-state index contributed by atoms with van der Waals surface area (Å²) in [7, 11) is 0. The normalized spacial score (nSPS) is 10.8. The van der Waals surface area contributed by atoms with Crippen molar-refractivity contribution in [2.24, 2.45) is 0 Å². The van der Waals surface area contributed by atoms with Crippen molar-refractivity contribution >= 4 is 23.3 Å². The quantitative estimate of drug-likeness (QED) is 0.869. The number of thiazole rings is 1. The van der Waals surface area contributed by atoms with Gasteiger partial charge in [0.2, 0.25) is 5.91 Å². The van der Waals surface area contributed by atoms with Crippen LogP contribution in [0.1, 0.15) is 21.0 Å². The number of benzene rings is 1. The average Bonchev–Trinajstić information content (AvgIpc) is 2.81. The maximum Gasteiger partial charge on any atom is 0.244 e. The molecule has 4 heteroatoms. The van der Waals surface area contributed by atoms with E-state index in [-0.39, 0.29) is 5.91 Å². The van der Waals surface area contributed by atoms with Crippen molar-refractivity contribution in [3.8, 4) is 0 Å². The maximum absolute atomic E-state index is 11.6. The molecule has 0 bridgehead atoms. The lowest BCUT2D eigenvalue weighted by molar-refractivity contribution is -0.116. The summed E-state index contributed by atoms with van der Waals surface area (Å²) < 4.78 is 0. The average molecular weight is 272 g/mol. The zero-order chi connectivity index (χ0) is 13.7. The fraction of sp³-hybridized carbons (Fsp3) is 0.200. The van der Waals surface area contributed by atoms with E-state index in [0.717, 1.165) is 15.4 Å². The molecule has 0 saturated carbocycles. The molecule has 1 N–H and O–H groups in total. The van der Waals surface area contributed by atoms with Gasteiger partial charge in [-0.3, -0.25) is 4.79 Å². The van der Waals surface area contributed by atoms with Gasteiger partial charge in [0.15, 0.2) is 0 Å². The second-order valence-electron chi connectivity index (χ2n) is 4.32. The van der Waals surface area contributed by atoms with Gasteiger partial charge in [0, 0.05) is 23.7 Å². The molecule has 19 heavy (non-hydrogen) atoms. The van der Waals surface area contributed by atoms with E-state index in [2.05, 4.69) is 10.3 Å². The first-order valence-corrected chi connectivity index (χ1v) is 6.89. The molecule has 0 atom stereocenters. The van der Waals surface area contributed by atoms with Crippen LogP contribution in [0.2, 0.25) is 0 Å². The summed E-state index contributed by atoms with van der Waals surface area (Å²) in [5, 5.41) is 3.85. The van der Waals surface area contributed by atoms with Crippen LogP contribution in [-0.2, 0) is 11.3 Å². The number of nitrogens with zero attached hydrogens (tertiary/aromatic N) is 1. The third-order valence-corrected chi connectivity index (χ3v) is 3.50. The van der Waals surface area contributed by atoms with Gasteiger partial charge in [0.05, 0.1) is 5.01 Å². The highest BCUT2D eigenvalue weighted by Crippen LogP contribution is 2.12. The van der Waals surface area contributed by atoms with Crippen LogP contribution in [0, 0.1) is 13.8 Å². The molecular weight excluding hydrogens is 256 g/mol. The molecular formula is C15H16N2OS. The van der Waals surface area contributed by atoms with Crippen LogP contribution in [0.15, 0.2) is 36.5 Å². The van der Waals surface area contributed by atoms with E-state index in [4.69, 9.17) is 0 Å². The molecule has 3 nitrogen and oxygen atoms in total. The number of nitrogens with one attached hydrogen (secondary N) is 1. The summed E-state index contributed by atoms with van der Waals surface area (Å²) in [6.45, 7) is 4.53. The predicted octanol–water partition coefficient (Wildman–Crippen LogP) is 3.09. The minimum Gasteiger partial charge on any atom is -0.348 e. The number of aryl methyl sites for hydroxylation is 2. The summed E-state index contributed by atoms with van der Waals surface area (Å²) in [6, 6.07) is 8.12. The summed E-state index contributed by atoms with van der Waals surface area (Å²) in [4.78, 5) is 16.8. The second-order valence-corrected chi connectivity index (χ2v) is 5.58. The molecule has 1 heterocycles. The van der Waals surface area contributed by atoms with Crippen molar-refractivity contribution in [2.75, 3.05) is 0 Å². The Morgan fingerprint density at radius 3 is 2.68 bits per heavy atom. The molecule has 1 aromatic carbocycles. The van der Waals surface area contributed by atoms with Crippen molar-refractivity contribution in [1.29, 1.82) is 0 Å². The van der Waals surface area contributed by atoms with Crippen LogP contribution in [0.25, 0.3) is 6.08 Å². The van der Waals surface area contributed by atoms with Gasteiger partial charge in [-0.2, -0.15) is 0 Å². The number of rotatable bonds is 4. The molecule has 1 aromatic heterocycles. The Morgan fingerprint density at radius 1 is 1.32 bits per heavy atom. The molecule has 2 rings (SSSR count). The second kappa shape index (κ2) is 6.29. The Bertz CT molecular complexity index is 584. The summed E-state index contributed by atoms with van der Waals surface area (Å²) in [5.74, 6) is -0.0911. The number of aromatic nitrogens is 1. The summed E-state index contributed by atoms with van der Waals surface area (Å²) in [6.07, 6.45) is 5.10. The summed E-state index contributed by atoms with van der Waals surface area (Å²) in [5.41, 5.74) is 2.32. The van der Waals surface area contributed by atoms with Gasteiger partial charge in [-0.15, -0.1) is 11.3 Å². The van der Waals surface area contributed by atoms with Crippen LogP contribution >= 0.6 is 11.3 Å². The molecule has 0 fully saturated rings. The van der Waals surface area contributed by atoms with E-state index in [0.29, 0.717) is 6.54 Å². The Kier molecular flexibility index (Phi) is 4.47. The first kappa shape index (κ1) is 13.5. The third kappa shape index (κ3) is 4.34. The minimum atomic E-state index is -0.0911. The van der Waals surface area contributed by atoms with Crippen molar-refractivity contribution < 1.29 is 4.79 Å². The molecule has 0 aliphatic rings. The van der Waals surface area contributed by atoms with Gasteiger partial charge in [-0.05, 0) is 25.5 Å². The fourth-order valence-electron chi connectivity index (χ4n) is 1.57. The van der Waals surface area contributed by atoms with E-state index in [1.165, 1.54) is 5.56 Å². The van der Waals surface area contributed by atoms with Crippen LogP contribution < -0.4 is 5.32 Å². The number of amides is 1. The highest BCUT2D eigenvalue weighted by atomic mass is 32.1. The molecule has 0 radical (unpaired) electrons. The zero-order valence-corrected chi connectivity index (χ0v) is 11.8. The van der Waals surface area contributed by atoms with Crippen molar-refractivity contribution in [2.45, 2.75) is 20.4 Å². The highest BCUT2D eigenvalue weighted by Gasteiger charge is 1.98. The molecule has 98 valence electrons. The first-order chi connectivity index (χ1) is 9.13. The Hall–Kier alpha value is -1.94. The summed E-state index contributed by atoms with van der Waals surface area (Å²) >= 11 is 1.57. The van der Waals surface area contributed by atoms with E-state index in [1.807, 2.05) is 38.1 Å². The Morgan fingerprint density at radius 2 is 2.05 bits per heavy atom. The SMILES string of the molecule is Cc1ccc(CNC(=O)/C=C/c2cnc(C)s2)cc1. The third-order valence-electron chi connectivity index (χ3n) is 2.63. The monoisotopic (exact) mass is 272 g/mol. The topological polar surface area (TPSA) is 42.0 Å². The molecule has 0 aliphatic carbocycles. The van der Waals surface area contributed by atoms with Gasteiger partial charge in [-0.25, -0.2) is 4.98 Å². The van der Waals surface area contributed by atoms with Crippen LogP contribution in [-0.4, -0.2) is 10.9 Å². The molecule has 0 saturated heterocycles. The van der Waals surface area contributed by atoms with Crippen molar-refractivity contribution in [1.82, 2.24) is 10.3 Å². The lowest BCUT2D eigenvalue weighted by atomic mass is 10.1. The van der Waals surface area contributed by atoms with E-state index >= 15 is 0 Å². The highest BCUT2D eigenvalue weighted by molar-refractivity contribution is 7.12. The smallest absolute Gasteiger partial charge is 0.244 e. The lowest BCUT2D eigenvalue weighted by Gasteiger charge is -2.02. The predicted molar refractivity (Wildman–Crippen MR) is 78.9 cm³/mol. The van der Waals surface area contributed by atoms with E-state index < -0.39 is 0 Å². The van der Waals surface area contributed by atoms with Gasteiger partial charge in [0.1, 0.15) is 0 Å². The lowest BCUT2D eigenvalue weighted by Crippen LogP contribution is -2.20. The van der Waals surface area contributed by atoms with Crippen molar-refractivity contribution in [3.63, 3.8) is 0 Å². The number of hydrogen-bond acceptors (Lipinski definition) is 3. The fourth-order valence-corrected chi connectivity index (χ4v) is 2.25. The Labute approximate surface area is 117 Å². The number of carbonyl (C=O) groups is 1. The van der Waals surface area contributed by atoms with Gasteiger partial charge in [-0.1, -0.05) is 29.8 Å². The molecule has 0 spiro atoms. The molecule has 0 unspecified atom stereocenters. The maximum atomic E-state index is 11.6. The van der Waals surface area contributed by atoms with Gasteiger partial charge < -0.3 is 5.32 Å². The van der Waals surface area contributed by atoms with Crippen LogP contribution in [0.4, 0.5) is 0 Å². The largest absolute Gasteiger partial charge is 0.348 e. The van der Waals surface area contributed by atoms with Gasteiger partial charge in [0.25, 0.3) is 0 Å². The molecule has 1 amide bonds. The minimum absolute atomic E-state index is 0.0911. The zero-order valence-electron chi connectivity index (χ0n) is 11.0. The van der Waals surface area contributed by atoms with E-state index in [1.54, 1.807) is 29.7 Å². The van der Waals surface area contributed by atoms with Crippen molar-refractivity contribution in [3.05, 3.63) is 57.6 Å². The standard InChI is InChI=1S/C15H16N2OS/c1-11-3-5-13(6-4-11)9-17-15(18)8-7-14-10-16-12(2)19-14/h3-8,10H,9H2,1-2H3,(H,17,18)/b8-7+. The van der Waals surface area contributed by atoms with Crippen LogP contribution in [0.3, 0.4) is 0 Å². The molecule has 2 aromatic rings. The Balaban J connectivity index is 1.84. The van der Waals surface area contributed by atoms with Crippen LogP contribution in [0.5, 0.6) is 0 Å². The van der Waals surface area contributed by atoms with Gasteiger partial charge >= 0.3 is 0 Å². The number of hydrogen-bond donors (Lipinski definition) is 1.